The lowest BCUT2D eigenvalue weighted by Crippen LogP contribution is -2.51. The molecule has 0 bridgehead atoms. The van der Waals surface area contributed by atoms with Crippen molar-refractivity contribution in [3.63, 3.8) is 0 Å². The molecular formula is C22H25N3O5S. The standard InChI is InChI=1S/C22H25N3O5S/c26-21(10-11-25-19-8-4-5-9-20(19)30-16-22(25)27)23-12-14-24(15-13-23)31(28,29)17-18-6-2-1-3-7-18/h1-9H,10-17H2. The Bertz CT molecular complexity index is 1050. The SMILES string of the molecule is O=C(CCN1C(=O)COc2ccccc21)N1CCN(S(=O)(=O)Cc2ccccc2)CC1. The number of nitrogens with zero attached hydrogens (tertiary/aromatic N) is 3. The number of hydrogen-bond acceptors (Lipinski definition) is 5. The molecular weight excluding hydrogens is 418 g/mol. The second-order valence-electron chi connectivity index (χ2n) is 7.57. The van der Waals surface area contributed by atoms with Crippen LogP contribution in [0.4, 0.5) is 5.69 Å². The van der Waals surface area contributed by atoms with Crippen LogP contribution in [-0.2, 0) is 25.4 Å². The van der Waals surface area contributed by atoms with Gasteiger partial charge in [-0.05, 0) is 17.7 Å². The molecule has 2 aliphatic heterocycles. The van der Waals surface area contributed by atoms with Gasteiger partial charge in [0.05, 0.1) is 11.4 Å². The Morgan fingerprint density at radius 2 is 1.61 bits per heavy atom. The van der Waals surface area contributed by atoms with Crippen molar-refractivity contribution in [2.24, 2.45) is 0 Å². The lowest BCUT2D eigenvalue weighted by atomic mass is 10.2. The first-order valence-corrected chi connectivity index (χ1v) is 11.9. The van der Waals surface area contributed by atoms with Gasteiger partial charge in [0.25, 0.3) is 5.91 Å². The van der Waals surface area contributed by atoms with Crippen molar-refractivity contribution < 1.29 is 22.7 Å². The zero-order chi connectivity index (χ0) is 21.8. The lowest BCUT2D eigenvalue weighted by molar-refractivity contribution is -0.132. The van der Waals surface area contributed by atoms with Crippen LogP contribution in [0, 0.1) is 0 Å². The Hall–Kier alpha value is -2.91. The van der Waals surface area contributed by atoms with Gasteiger partial charge in [0, 0.05) is 39.1 Å². The van der Waals surface area contributed by atoms with Crippen LogP contribution in [0.5, 0.6) is 5.75 Å². The molecule has 9 heteroatoms. The summed E-state index contributed by atoms with van der Waals surface area (Å²) in [6, 6.07) is 16.3. The van der Waals surface area contributed by atoms with Crippen LogP contribution in [0.3, 0.4) is 0 Å². The Balaban J connectivity index is 1.30. The maximum absolute atomic E-state index is 12.7. The average Bonchev–Trinajstić information content (AvgIpc) is 2.79. The predicted octanol–water partition coefficient (Wildman–Crippen LogP) is 1.48. The second-order valence-corrected chi connectivity index (χ2v) is 9.54. The van der Waals surface area contributed by atoms with Crippen LogP contribution >= 0.6 is 0 Å². The van der Waals surface area contributed by atoms with Gasteiger partial charge < -0.3 is 14.5 Å². The van der Waals surface area contributed by atoms with E-state index in [0.29, 0.717) is 24.5 Å². The van der Waals surface area contributed by atoms with Crippen LogP contribution in [0.25, 0.3) is 0 Å². The number of rotatable bonds is 6. The first-order chi connectivity index (χ1) is 14.9. The van der Waals surface area contributed by atoms with E-state index in [0.717, 1.165) is 5.56 Å². The van der Waals surface area contributed by atoms with E-state index >= 15 is 0 Å². The summed E-state index contributed by atoms with van der Waals surface area (Å²) in [6.45, 7) is 1.48. The number of sulfonamides is 1. The highest BCUT2D eigenvalue weighted by molar-refractivity contribution is 7.88. The number of ether oxygens (including phenoxy) is 1. The molecule has 8 nitrogen and oxygen atoms in total. The van der Waals surface area contributed by atoms with Crippen molar-refractivity contribution in [1.82, 2.24) is 9.21 Å². The van der Waals surface area contributed by atoms with Crippen molar-refractivity contribution in [3.8, 4) is 5.75 Å². The van der Waals surface area contributed by atoms with Crippen LogP contribution in [-0.4, -0.2) is 68.8 Å². The van der Waals surface area contributed by atoms with Gasteiger partial charge in [-0.25, -0.2) is 8.42 Å². The van der Waals surface area contributed by atoms with Crippen molar-refractivity contribution in [1.29, 1.82) is 0 Å². The van der Waals surface area contributed by atoms with Crippen molar-refractivity contribution in [3.05, 3.63) is 60.2 Å². The molecule has 2 aromatic carbocycles. The van der Waals surface area contributed by atoms with Crippen LogP contribution in [0.2, 0.25) is 0 Å². The van der Waals surface area contributed by atoms with Gasteiger partial charge in [-0.3, -0.25) is 9.59 Å². The molecule has 0 atom stereocenters. The van der Waals surface area contributed by atoms with E-state index in [2.05, 4.69) is 0 Å². The Morgan fingerprint density at radius 3 is 2.35 bits per heavy atom. The van der Waals surface area contributed by atoms with Gasteiger partial charge in [-0.2, -0.15) is 4.31 Å². The number of benzene rings is 2. The third kappa shape index (κ3) is 4.88. The maximum atomic E-state index is 12.7. The monoisotopic (exact) mass is 443 g/mol. The number of piperazine rings is 1. The summed E-state index contributed by atoms with van der Waals surface area (Å²) in [5.74, 6) is 0.326. The molecule has 0 N–H and O–H groups in total. The highest BCUT2D eigenvalue weighted by atomic mass is 32.2. The molecule has 0 spiro atoms. The molecule has 2 aliphatic rings. The van der Waals surface area contributed by atoms with Gasteiger partial charge in [0.15, 0.2) is 6.61 Å². The number of amides is 2. The first kappa shape index (κ1) is 21.3. The number of anilines is 1. The van der Waals surface area contributed by atoms with Crippen molar-refractivity contribution >= 4 is 27.5 Å². The average molecular weight is 444 g/mol. The number of carbonyl (C=O) groups excluding carboxylic acids is 2. The molecule has 31 heavy (non-hydrogen) atoms. The Kier molecular flexibility index (Phi) is 6.24. The minimum atomic E-state index is -3.43. The van der Waals surface area contributed by atoms with E-state index in [4.69, 9.17) is 4.74 Å². The summed E-state index contributed by atoms with van der Waals surface area (Å²) in [7, 11) is -3.43. The molecule has 1 saturated heterocycles. The first-order valence-electron chi connectivity index (χ1n) is 10.3. The molecule has 0 unspecified atom stereocenters. The number of carbonyl (C=O) groups is 2. The van der Waals surface area contributed by atoms with Gasteiger partial charge in [-0.15, -0.1) is 0 Å². The molecule has 0 aliphatic carbocycles. The summed E-state index contributed by atoms with van der Waals surface area (Å²) in [4.78, 5) is 28.2. The second kappa shape index (κ2) is 9.07. The summed E-state index contributed by atoms with van der Waals surface area (Å²) in [5, 5.41) is 0. The summed E-state index contributed by atoms with van der Waals surface area (Å²) < 4.78 is 32.2. The molecule has 0 aromatic heterocycles. The molecule has 4 rings (SSSR count). The van der Waals surface area contributed by atoms with E-state index in [1.54, 1.807) is 34.1 Å². The molecule has 2 amide bonds. The van der Waals surface area contributed by atoms with Crippen LogP contribution in [0.1, 0.15) is 12.0 Å². The zero-order valence-corrected chi connectivity index (χ0v) is 18.0. The van der Waals surface area contributed by atoms with E-state index < -0.39 is 10.0 Å². The van der Waals surface area contributed by atoms with Gasteiger partial charge in [0.2, 0.25) is 15.9 Å². The third-order valence-corrected chi connectivity index (χ3v) is 7.38. The topological polar surface area (TPSA) is 87.2 Å². The predicted molar refractivity (Wildman–Crippen MR) is 116 cm³/mol. The highest BCUT2D eigenvalue weighted by Crippen LogP contribution is 2.31. The zero-order valence-electron chi connectivity index (χ0n) is 17.1. The molecule has 2 heterocycles. The quantitative estimate of drug-likeness (QED) is 0.675. The summed E-state index contributed by atoms with van der Waals surface area (Å²) >= 11 is 0. The summed E-state index contributed by atoms with van der Waals surface area (Å²) in [6.07, 6.45) is 0.177. The molecule has 0 radical (unpaired) electrons. The van der Waals surface area contributed by atoms with E-state index in [1.807, 2.05) is 30.3 Å². The van der Waals surface area contributed by atoms with E-state index in [9.17, 15) is 18.0 Å². The van der Waals surface area contributed by atoms with E-state index in [-0.39, 0.29) is 50.2 Å². The van der Waals surface area contributed by atoms with Gasteiger partial charge in [0.1, 0.15) is 5.75 Å². The number of hydrogen-bond donors (Lipinski definition) is 0. The smallest absolute Gasteiger partial charge is 0.265 e. The fourth-order valence-corrected chi connectivity index (χ4v) is 5.37. The normalized spacial score (nSPS) is 17.2. The Morgan fingerprint density at radius 1 is 0.935 bits per heavy atom. The van der Waals surface area contributed by atoms with Crippen molar-refractivity contribution in [2.45, 2.75) is 12.2 Å². The number of fused-ring (bicyclic) bond motifs is 1. The minimum Gasteiger partial charge on any atom is -0.482 e. The lowest BCUT2D eigenvalue weighted by Gasteiger charge is -2.35. The molecule has 2 aromatic rings. The van der Waals surface area contributed by atoms with Gasteiger partial charge >= 0.3 is 0 Å². The van der Waals surface area contributed by atoms with Crippen LogP contribution in [0.15, 0.2) is 54.6 Å². The molecule has 164 valence electrons. The number of para-hydroxylation sites is 2. The summed E-state index contributed by atoms with van der Waals surface area (Å²) in [5.41, 5.74) is 1.42. The fourth-order valence-electron chi connectivity index (χ4n) is 3.86. The van der Waals surface area contributed by atoms with Crippen LogP contribution < -0.4 is 9.64 Å². The Labute approximate surface area is 182 Å². The fraction of sp³-hybridized carbons (Fsp3) is 0.364. The minimum absolute atomic E-state index is 0.0385. The molecule has 1 fully saturated rings. The van der Waals surface area contributed by atoms with E-state index in [1.165, 1.54) is 4.31 Å². The van der Waals surface area contributed by atoms with Crippen molar-refractivity contribution in [2.75, 3.05) is 44.2 Å². The van der Waals surface area contributed by atoms with Gasteiger partial charge in [-0.1, -0.05) is 42.5 Å². The third-order valence-electron chi connectivity index (χ3n) is 5.53. The maximum Gasteiger partial charge on any atom is 0.265 e. The largest absolute Gasteiger partial charge is 0.482 e. The molecule has 0 saturated carbocycles. The highest BCUT2D eigenvalue weighted by Gasteiger charge is 2.30.